The third-order valence-electron chi connectivity index (χ3n) is 5.72. The molecule has 0 saturated heterocycles. The SMILES string of the molecule is CCCc1ccc(C)c2[cH-]c(C)cc12.CCCc1ccc(C)c2[cH-]c(C)cc12.[Cl][Zr+2][Cl]. The van der Waals surface area contributed by atoms with E-state index in [9.17, 15) is 0 Å². The Morgan fingerprint density at radius 1 is 0.677 bits per heavy atom. The van der Waals surface area contributed by atoms with Crippen LogP contribution in [0.5, 0.6) is 0 Å². The van der Waals surface area contributed by atoms with Gasteiger partial charge in [0.25, 0.3) is 0 Å². The van der Waals surface area contributed by atoms with Gasteiger partial charge in [0.2, 0.25) is 0 Å². The number of rotatable bonds is 4. The first-order valence-corrected chi connectivity index (χ1v) is 17.5. The van der Waals surface area contributed by atoms with Crippen LogP contribution in [0.25, 0.3) is 21.5 Å². The van der Waals surface area contributed by atoms with E-state index in [4.69, 9.17) is 17.0 Å². The van der Waals surface area contributed by atoms with Gasteiger partial charge in [-0.25, -0.2) is 0 Å². The number of hydrogen-bond donors (Lipinski definition) is 0. The molecule has 4 aromatic rings. The fourth-order valence-corrected chi connectivity index (χ4v) is 4.27. The maximum absolute atomic E-state index is 4.93. The van der Waals surface area contributed by atoms with Crippen LogP contribution in [-0.4, -0.2) is 0 Å². The van der Waals surface area contributed by atoms with Gasteiger partial charge in [-0.3, -0.25) is 0 Å². The van der Waals surface area contributed by atoms with Gasteiger partial charge >= 0.3 is 37.9 Å². The fourth-order valence-electron chi connectivity index (χ4n) is 4.27. The maximum atomic E-state index is 4.93. The van der Waals surface area contributed by atoms with E-state index in [0.717, 1.165) is 0 Å². The molecule has 0 heterocycles. The van der Waals surface area contributed by atoms with Crippen molar-refractivity contribution in [3.63, 3.8) is 0 Å². The normalized spacial score (nSPS) is 10.3. The Morgan fingerprint density at radius 3 is 1.35 bits per heavy atom. The van der Waals surface area contributed by atoms with Gasteiger partial charge in [-0.2, -0.15) is 12.1 Å². The van der Waals surface area contributed by atoms with E-state index in [1.807, 2.05) is 0 Å². The number of fused-ring (bicyclic) bond motifs is 2. The standard InChI is InChI=1S/2C14H17.2ClH.Zr/c2*1-4-5-12-7-6-11(3)13-8-10(2)9-14(12)13;;;/h2*6-9H,4-5H2,1-3H3;2*1H;/q2*-1;;;+4/p-2. The summed E-state index contributed by atoms with van der Waals surface area (Å²) >= 11 is -0.826. The van der Waals surface area contributed by atoms with Crippen LogP contribution in [0, 0.1) is 27.7 Å². The van der Waals surface area contributed by atoms with Crippen LogP contribution in [0.4, 0.5) is 0 Å². The van der Waals surface area contributed by atoms with Crippen LogP contribution in [-0.2, 0) is 33.7 Å². The third-order valence-corrected chi connectivity index (χ3v) is 5.72. The summed E-state index contributed by atoms with van der Waals surface area (Å²) in [6, 6.07) is 18.3. The van der Waals surface area contributed by atoms with Crippen molar-refractivity contribution in [3.8, 4) is 0 Å². The molecule has 0 N–H and O–H groups in total. The molecular formula is C28H34Cl2Zr. The topological polar surface area (TPSA) is 0 Å². The zero-order chi connectivity index (χ0) is 23.0. The molecule has 4 aromatic carbocycles. The van der Waals surface area contributed by atoms with E-state index < -0.39 is 20.8 Å². The summed E-state index contributed by atoms with van der Waals surface area (Å²) in [6.45, 7) is 13.2. The van der Waals surface area contributed by atoms with Crippen molar-refractivity contribution in [1.82, 2.24) is 0 Å². The molecule has 0 aliphatic heterocycles. The fraction of sp³-hybridized carbons (Fsp3) is 0.357. The molecule has 0 bridgehead atoms. The minimum absolute atomic E-state index is 0.826. The summed E-state index contributed by atoms with van der Waals surface area (Å²) in [4.78, 5) is 0. The van der Waals surface area contributed by atoms with Crippen molar-refractivity contribution in [1.29, 1.82) is 0 Å². The monoisotopic (exact) mass is 530 g/mol. The summed E-state index contributed by atoms with van der Waals surface area (Å²) in [5.41, 5.74) is 8.56. The zero-order valence-electron chi connectivity index (χ0n) is 19.7. The second kappa shape index (κ2) is 13.0. The number of halogens is 2. The van der Waals surface area contributed by atoms with Crippen molar-refractivity contribution < 1.29 is 20.8 Å². The average molecular weight is 533 g/mol. The van der Waals surface area contributed by atoms with Gasteiger partial charge in [0, 0.05) is 0 Å². The molecule has 4 rings (SSSR count). The Labute approximate surface area is 207 Å². The van der Waals surface area contributed by atoms with Crippen LogP contribution in [0.3, 0.4) is 0 Å². The molecule has 3 heteroatoms. The molecule has 164 valence electrons. The zero-order valence-corrected chi connectivity index (χ0v) is 23.7. The molecule has 0 aromatic heterocycles. The molecule has 0 fully saturated rings. The Balaban J connectivity index is 0.000000196. The third kappa shape index (κ3) is 7.05. The van der Waals surface area contributed by atoms with Crippen molar-refractivity contribution in [2.75, 3.05) is 0 Å². The molecule has 0 aliphatic carbocycles. The van der Waals surface area contributed by atoms with Gasteiger partial charge in [-0.05, 0) is 12.8 Å². The first kappa shape index (κ1) is 26.4. The van der Waals surface area contributed by atoms with Crippen molar-refractivity contribution in [3.05, 3.63) is 81.9 Å². The number of hydrogen-bond acceptors (Lipinski definition) is 0. The van der Waals surface area contributed by atoms with Gasteiger partial charge in [0.15, 0.2) is 0 Å². The predicted molar refractivity (Wildman–Crippen MR) is 138 cm³/mol. The van der Waals surface area contributed by atoms with Crippen molar-refractivity contribution in [2.45, 2.75) is 67.2 Å². The molecule has 0 atom stereocenters. The molecule has 0 spiro atoms. The van der Waals surface area contributed by atoms with Crippen LogP contribution >= 0.6 is 17.0 Å². The van der Waals surface area contributed by atoms with E-state index in [-0.39, 0.29) is 0 Å². The van der Waals surface area contributed by atoms with E-state index in [1.165, 1.54) is 80.6 Å². The van der Waals surface area contributed by atoms with E-state index >= 15 is 0 Å². The first-order valence-electron chi connectivity index (χ1n) is 11.1. The molecule has 31 heavy (non-hydrogen) atoms. The first-order chi connectivity index (χ1) is 14.9. The Hall–Kier alpha value is -0.877. The van der Waals surface area contributed by atoms with E-state index in [1.54, 1.807) is 0 Å². The molecule has 0 amide bonds. The summed E-state index contributed by atoms with van der Waals surface area (Å²) in [7, 11) is 9.87. The average Bonchev–Trinajstić information content (AvgIpc) is 3.31. The summed E-state index contributed by atoms with van der Waals surface area (Å²) in [5.74, 6) is 0. The molecule has 0 radical (unpaired) electrons. The Morgan fingerprint density at radius 2 is 1.03 bits per heavy atom. The van der Waals surface area contributed by atoms with Gasteiger partial charge in [0.1, 0.15) is 0 Å². The molecule has 0 aliphatic rings. The number of aryl methyl sites for hydroxylation is 6. The van der Waals surface area contributed by atoms with E-state index in [0.29, 0.717) is 0 Å². The van der Waals surface area contributed by atoms with Gasteiger partial charge < -0.3 is 0 Å². The van der Waals surface area contributed by atoms with E-state index in [2.05, 4.69) is 90.1 Å². The summed E-state index contributed by atoms with van der Waals surface area (Å²) in [5, 5.41) is 5.80. The molecular weight excluding hydrogens is 498 g/mol. The van der Waals surface area contributed by atoms with Gasteiger partial charge in [0.05, 0.1) is 0 Å². The quantitative estimate of drug-likeness (QED) is 0.230. The van der Waals surface area contributed by atoms with Gasteiger partial charge in [-0.1, -0.05) is 77.6 Å². The molecule has 0 unspecified atom stereocenters. The second-order valence-corrected chi connectivity index (χ2v) is 12.1. The Kier molecular flexibility index (Phi) is 11.0. The second-order valence-electron chi connectivity index (χ2n) is 8.37. The van der Waals surface area contributed by atoms with Crippen LogP contribution in [0.1, 0.15) is 60.1 Å². The van der Waals surface area contributed by atoms with Crippen LogP contribution in [0.15, 0.2) is 48.5 Å². The number of benzene rings is 2. The van der Waals surface area contributed by atoms with Crippen molar-refractivity contribution in [2.24, 2.45) is 0 Å². The van der Waals surface area contributed by atoms with Gasteiger partial charge in [-0.15, -0.1) is 68.1 Å². The van der Waals surface area contributed by atoms with Crippen molar-refractivity contribution >= 4 is 38.6 Å². The summed E-state index contributed by atoms with van der Waals surface area (Å²) < 4.78 is 0. The predicted octanol–water partition coefficient (Wildman–Crippen LogP) is 9.63. The van der Waals surface area contributed by atoms with Crippen LogP contribution < -0.4 is 0 Å². The Bertz CT molecular complexity index is 1010. The molecule has 0 nitrogen and oxygen atoms in total. The van der Waals surface area contributed by atoms with Crippen LogP contribution in [0.2, 0.25) is 0 Å². The summed E-state index contributed by atoms with van der Waals surface area (Å²) in [6.07, 6.45) is 4.84. The minimum atomic E-state index is -0.826. The molecule has 0 saturated carbocycles.